The van der Waals surface area contributed by atoms with Gasteiger partial charge in [-0.1, -0.05) is 204 Å². The van der Waals surface area contributed by atoms with Crippen LogP contribution in [0.5, 0.6) is 0 Å². The Balaban J connectivity index is 0.911. The molecule has 0 radical (unpaired) electrons. The number of anilines is 3. The van der Waals surface area contributed by atoms with Crippen LogP contribution in [0.15, 0.2) is 243 Å². The molecule has 0 unspecified atom stereocenters. The smallest absolute Gasteiger partial charge is 0.0619 e. The molecule has 334 valence electrons. The quantitative estimate of drug-likeness (QED) is 0.148. The summed E-state index contributed by atoms with van der Waals surface area (Å²) in [6.07, 6.45) is 0. The Hall–Kier alpha value is -8.46. The van der Waals surface area contributed by atoms with E-state index >= 15 is 0 Å². The van der Waals surface area contributed by atoms with Crippen LogP contribution >= 0.6 is 0 Å². The van der Waals surface area contributed by atoms with E-state index in [-0.39, 0.29) is 10.8 Å². The van der Waals surface area contributed by atoms with Crippen molar-refractivity contribution in [3.63, 3.8) is 0 Å². The molecule has 0 saturated heterocycles. The second-order valence-electron chi connectivity index (χ2n) is 20.1. The summed E-state index contributed by atoms with van der Waals surface area (Å²) >= 11 is 0. The average Bonchev–Trinajstić information content (AvgIpc) is 3.96. The number of aromatic nitrogens is 1. The van der Waals surface area contributed by atoms with Crippen LogP contribution in [0.2, 0.25) is 0 Å². The number of hydrogen-bond donors (Lipinski definition) is 0. The molecule has 2 aliphatic carbocycles. The Kier molecular flexibility index (Phi) is 9.58. The van der Waals surface area contributed by atoms with Crippen LogP contribution in [0.25, 0.3) is 83.5 Å². The Morgan fingerprint density at radius 1 is 0.314 bits per heavy atom. The third-order valence-electron chi connectivity index (χ3n) is 15.4. The summed E-state index contributed by atoms with van der Waals surface area (Å²) in [4.78, 5) is 2.42. The van der Waals surface area contributed by atoms with E-state index < -0.39 is 0 Å². The molecule has 2 aliphatic rings. The number of hydrogen-bond acceptors (Lipinski definition) is 1. The molecule has 1 aromatic heterocycles. The molecule has 0 bridgehead atoms. The molecule has 13 rings (SSSR count). The maximum absolute atomic E-state index is 2.49. The second kappa shape index (κ2) is 16.1. The van der Waals surface area contributed by atoms with Gasteiger partial charge in [-0.2, -0.15) is 0 Å². The van der Waals surface area contributed by atoms with Gasteiger partial charge in [-0.05, 0) is 145 Å². The normalized spacial score (nSPS) is 13.7. The van der Waals surface area contributed by atoms with Gasteiger partial charge in [-0.15, -0.1) is 0 Å². The maximum atomic E-state index is 2.49. The van der Waals surface area contributed by atoms with Crippen molar-refractivity contribution in [1.29, 1.82) is 0 Å². The number of nitrogens with zero attached hydrogens (tertiary/aromatic N) is 2. The highest BCUT2D eigenvalue weighted by atomic mass is 15.1. The zero-order valence-electron chi connectivity index (χ0n) is 40.0. The minimum absolute atomic E-state index is 0.108. The molecule has 0 saturated carbocycles. The van der Waals surface area contributed by atoms with Crippen LogP contribution in [-0.2, 0) is 10.8 Å². The molecular weight excluding hydrogens is 845 g/mol. The van der Waals surface area contributed by atoms with Crippen LogP contribution in [0.1, 0.15) is 49.9 Å². The van der Waals surface area contributed by atoms with Gasteiger partial charge in [0.15, 0.2) is 0 Å². The third kappa shape index (κ3) is 6.55. The number of fused-ring (bicyclic) bond motifs is 7. The van der Waals surface area contributed by atoms with Crippen LogP contribution in [-0.4, -0.2) is 4.57 Å². The lowest BCUT2D eigenvalue weighted by atomic mass is 9.81. The van der Waals surface area contributed by atoms with Crippen LogP contribution < -0.4 is 4.90 Å². The predicted molar refractivity (Wildman–Crippen MR) is 295 cm³/mol. The second-order valence-corrected chi connectivity index (χ2v) is 20.1. The molecule has 0 amide bonds. The van der Waals surface area contributed by atoms with E-state index in [1.165, 1.54) is 100 Å². The van der Waals surface area contributed by atoms with Gasteiger partial charge in [-0.25, -0.2) is 0 Å². The topological polar surface area (TPSA) is 8.17 Å². The lowest BCUT2D eigenvalue weighted by Crippen LogP contribution is -2.16. The van der Waals surface area contributed by atoms with Crippen LogP contribution in [0.4, 0.5) is 17.1 Å². The minimum atomic E-state index is -0.232. The van der Waals surface area contributed by atoms with Crippen molar-refractivity contribution < 1.29 is 0 Å². The molecular formula is C68H52N2. The molecule has 11 aromatic rings. The molecule has 0 fully saturated rings. The van der Waals surface area contributed by atoms with Gasteiger partial charge in [0.1, 0.15) is 0 Å². The third-order valence-corrected chi connectivity index (χ3v) is 15.4. The average molecular weight is 897 g/mol. The fraction of sp³-hybridized carbons (Fsp3) is 0.0882. The summed E-state index contributed by atoms with van der Waals surface area (Å²) in [6.45, 7) is 9.52. The molecule has 2 nitrogen and oxygen atoms in total. The van der Waals surface area contributed by atoms with Crippen LogP contribution in [0, 0.1) is 0 Å². The molecule has 10 aromatic carbocycles. The molecule has 0 atom stereocenters. The molecule has 70 heavy (non-hydrogen) atoms. The number of benzene rings is 10. The fourth-order valence-corrected chi connectivity index (χ4v) is 11.8. The number of para-hydroxylation sites is 1. The van der Waals surface area contributed by atoms with E-state index in [0.717, 1.165) is 22.7 Å². The van der Waals surface area contributed by atoms with Gasteiger partial charge < -0.3 is 9.47 Å². The highest BCUT2D eigenvalue weighted by Crippen LogP contribution is 2.54. The number of rotatable bonds is 8. The highest BCUT2D eigenvalue weighted by molar-refractivity contribution is 6.08. The van der Waals surface area contributed by atoms with Crippen molar-refractivity contribution in [3.8, 4) is 72.6 Å². The van der Waals surface area contributed by atoms with E-state index in [9.17, 15) is 0 Å². The first-order chi connectivity index (χ1) is 34.2. The summed E-state index contributed by atoms with van der Waals surface area (Å²) in [7, 11) is 0. The molecule has 0 aliphatic heterocycles. The zero-order chi connectivity index (χ0) is 47.1. The standard InChI is InChI=1S/C68H52N2/c1-67(2)60-28-18-17-27-55(60)56-40-38-54(42-62(56)67)69(52-34-29-46(30-35-52)45-19-9-5-10-20-45)53-36-31-47(32-37-53)50-33-39-57-58-43-59-64(44-63(58)68(3,4)61(57)41-50)70(51-25-15-8-16-26-51)66(49-23-13-7-14-24-49)65(59)48-21-11-6-12-22-48/h5-44H,1-4H3. The molecule has 1 heterocycles. The first-order valence-electron chi connectivity index (χ1n) is 24.6. The summed E-state index contributed by atoms with van der Waals surface area (Å²) in [5.74, 6) is 0. The van der Waals surface area contributed by atoms with E-state index in [1.54, 1.807) is 0 Å². The van der Waals surface area contributed by atoms with E-state index in [1.807, 2.05) is 0 Å². The lowest BCUT2D eigenvalue weighted by molar-refractivity contribution is 0.660. The van der Waals surface area contributed by atoms with Crippen molar-refractivity contribution in [2.45, 2.75) is 38.5 Å². The van der Waals surface area contributed by atoms with Gasteiger partial charge in [0.2, 0.25) is 0 Å². The molecule has 0 spiro atoms. The SMILES string of the molecule is CC1(C)c2ccccc2-c2ccc(N(c3ccc(-c4ccccc4)cc3)c3ccc(-c4ccc5c(c4)C(C)(C)c4cc6c(cc4-5)c(-c4ccccc4)c(-c4ccccc4)n6-c4ccccc4)cc3)cc21. The summed E-state index contributed by atoms with van der Waals surface area (Å²) in [5.41, 5.74) is 25.9. The first kappa shape index (κ1) is 41.7. The molecule has 2 heteroatoms. The molecule has 0 N–H and O–H groups in total. The van der Waals surface area contributed by atoms with E-state index in [4.69, 9.17) is 0 Å². The Morgan fingerprint density at radius 2 is 0.757 bits per heavy atom. The fourth-order valence-electron chi connectivity index (χ4n) is 11.8. The minimum Gasteiger partial charge on any atom is -0.310 e. The van der Waals surface area contributed by atoms with Gasteiger partial charge in [0.05, 0.1) is 11.2 Å². The summed E-state index contributed by atoms with van der Waals surface area (Å²) < 4.78 is 2.49. The van der Waals surface area contributed by atoms with Crippen molar-refractivity contribution >= 4 is 28.0 Å². The van der Waals surface area contributed by atoms with E-state index in [2.05, 4.69) is 280 Å². The van der Waals surface area contributed by atoms with Gasteiger partial charge in [0, 0.05) is 44.5 Å². The van der Waals surface area contributed by atoms with Crippen molar-refractivity contribution in [2.75, 3.05) is 4.90 Å². The predicted octanol–water partition coefficient (Wildman–Crippen LogP) is 18.4. The van der Waals surface area contributed by atoms with Crippen molar-refractivity contribution in [3.05, 3.63) is 265 Å². The van der Waals surface area contributed by atoms with Crippen molar-refractivity contribution in [1.82, 2.24) is 4.57 Å². The van der Waals surface area contributed by atoms with E-state index in [0.29, 0.717) is 0 Å². The summed E-state index contributed by atoms with van der Waals surface area (Å²) in [6, 6.07) is 89.6. The lowest BCUT2D eigenvalue weighted by Gasteiger charge is -2.28. The van der Waals surface area contributed by atoms with Gasteiger partial charge in [0.25, 0.3) is 0 Å². The Morgan fingerprint density at radius 3 is 1.41 bits per heavy atom. The Bertz CT molecular complexity index is 3770. The monoisotopic (exact) mass is 896 g/mol. The van der Waals surface area contributed by atoms with Crippen LogP contribution in [0.3, 0.4) is 0 Å². The Labute approximate surface area is 411 Å². The van der Waals surface area contributed by atoms with Crippen molar-refractivity contribution in [2.24, 2.45) is 0 Å². The van der Waals surface area contributed by atoms with Gasteiger partial charge in [-0.3, -0.25) is 0 Å². The summed E-state index contributed by atoms with van der Waals surface area (Å²) in [5, 5.41) is 1.26. The largest absolute Gasteiger partial charge is 0.310 e. The van der Waals surface area contributed by atoms with Gasteiger partial charge >= 0.3 is 0 Å². The first-order valence-corrected chi connectivity index (χ1v) is 24.6. The highest BCUT2D eigenvalue weighted by Gasteiger charge is 2.38. The maximum Gasteiger partial charge on any atom is 0.0619 e. The zero-order valence-corrected chi connectivity index (χ0v) is 40.0.